The number of benzene rings is 1. The Morgan fingerprint density at radius 1 is 1.21 bits per heavy atom. The van der Waals surface area contributed by atoms with Crippen molar-refractivity contribution in [2.45, 2.75) is 35.2 Å². The number of rotatable bonds is 4. The van der Waals surface area contributed by atoms with E-state index in [1.165, 1.54) is 17.8 Å². The summed E-state index contributed by atoms with van der Waals surface area (Å²) < 4.78 is 22.1. The van der Waals surface area contributed by atoms with E-state index >= 15 is 4.39 Å². The Morgan fingerprint density at radius 3 is 2.84 bits per heavy atom. The van der Waals surface area contributed by atoms with E-state index in [1.807, 2.05) is 22.9 Å². The van der Waals surface area contributed by atoms with Crippen molar-refractivity contribution < 1.29 is 9.13 Å². The predicted molar refractivity (Wildman–Crippen MR) is 143 cm³/mol. The third kappa shape index (κ3) is 4.34. The van der Waals surface area contributed by atoms with Crippen LogP contribution in [0.3, 0.4) is 0 Å². The van der Waals surface area contributed by atoms with Gasteiger partial charge in [-0.3, -0.25) is 4.40 Å². The highest BCUT2D eigenvalue weighted by Gasteiger charge is 2.47. The van der Waals surface area contributed by atoms with Crippen LogP contribution in [0.5, 0.6) is 0 Å². The van der Waals surface area contributed by atoms with E-state index in [0.29, 0.717) is 18.6 Å². The third-order valence-corrected chi connectivity index (χ3v) is 8.43. The van der Waals surface area contributed by atoms with E-state index in [1.54, 1.807) is 25.6 Å². The van der Waals surface area contributed by atoms with Gasteiger partial charge >= 0.3 is 0 Å². The fourth-order valence-corrected chi connectivity index (χ4v) is 6.39. The molecule has 1 spiro atoms. The number of imidazole rings is 1. The van der Waals surface area contributed by atoms with Gasteiger partial charge < -0.3 is 21.1 Å². The third-order valence-electron chi connectivity index (χ3n) is 7.48. The number of piperidine rings is 1. The Labute approximate surface area is 223 Å². The van der Waals surface area contributed by atoms with Gasteiger partial charge in [-0.1, -0.05) is 23.6 Å². The number of hydrogen-bond acceptors (Lipinski definition) is 9. The lowest BCUT2D eigenvalue weighted by atomic mass is 9.73. The van der Waals surface area contributed by atoms with Gasteiger partial charge in [0.2, 0.25) is 11.9 Å². The first-order valence-corrected chi connectivity index (χ1v) is 13.2. The van der Waals surface area contributed by atoms with Crippen molar-refractivity contribution in [2.24, 2.45) is 11.1 Å². The van der Waals surface area contributed by atoms with Gasteiger partial charge in [-0.05, 0) is 54.0 Å². The molecule has 11 heteroatoms. The zero-order chi connectivity index (χ0) is 26.3. The highest BCUT2D eigenvalue weighted by molar-refractivity contribution is 7.99. The minimum absolute atomic E-state index is 0.185. The summed E-state index contributed by atoms with van der Waals surface area (Å²) in [7, 11) is 1.58. The van der Waals surface area contributed by atoms with E-state index in [9.17, 15) is 0 Å². The van der Waals surface area contributed by atoms with Crippen molar-refractivity contribution in [3.8, 4) is 11.8 Å². The average Bonchev–Trinajstić information content (AvgIpc) is 3.50. The van der Waals surface area contributed by atoms with E-state index in [2.05, 4.69) is 31.7 Å². The molecule has 4 heterocycles. The Bertz CT molecular complexity index is 1570. The van der Waals surface area contributed by atoms with Gasteiger partial charge in [0, 0.05) is 56.6 Å². The summed E-state index contributed by atoms with van der Waals surface area (Å²) >= 11 is 1.44. The van der Waals surface area contributed by atoms with Crippen LogP contribution in [0.2, 0.25) is 0 Å². The average molecular weight is 531 g/mol. The van der Waals surface area contributed by atoms with Crippen LogP contribution in [0.4, 0.5) is 16.3 Å². The second-order valence-corrected chi connectivity index (χ2v) is 10.7. The minimum Gasteiger partial charge on any atom is -0.372 e. The summed E-state index contributed by atoms with van der Waals surface area (Å²) in [5.41, 5.74) is 15.4. The summed E-state index contributed by atoms with van der Waals surface area (Å²) in [5.74, 6) is 6.71. The van der Waals surface area contributed by atoms with Crippen molar-refractivity contribution in [3.63, 3.8) is 0 Å². The second kappa shape index (κ2) is 9.87. The zero-order valence-electron chi connectivity index (χ0n) is 20.9. The van der Waals surface area contributed by atoms with Crippen LogP contribution in [0.1, 0.15) is 35.6 Å². The van der Waals surface area contributed by atoms with Crippen molar-refractivity contribution >= 4 is 29.3 Å². The number of hydrogen-bond donors (Lipinski definition) is 2. The molecule has 9 nitrogen and oxygen atoms in total. The highest BCUT2D eigenvalue weighted by atomic mass is 32.2. The number of methoxy groups -OCH3 is 1. The van der Waals surface area contributed by atoms with Gasteiger partial charge in [0.05, 0.1) is 4.90 Å². The molecule has 0 unspecified atom stereocenters. The molecule has 1 atom stereocenters. The monoisotopic (exact) mass is 530 g/mol. The standard InChI is InChI=1S/C27H27FN8OS/c1-37-12-2-3-17-13-18-19(20(28)14-17)15-27(23(18)29)5-9-35(10-6-27)26-33-16-21(24-31-8-11-36(24)26)38-22-4-7-32-25(30)34-22/h4,7-8,11,13-14,16,23H,5-6,9-10,12,15,29H2,1H3,(H2,30,32,34)/t23-/m1/s1. The van der Waals surface area contributed by atoms with Crippen LogP contribution in [-0.4, -0.2) is 51.1 Å². The summed E-state index contributed by atoms with van der Waals surface area (Å²) in [6, 6.07) is 5.03. The molecule has 194 valence electrons. The van der Waals surface area contributed by atoms with Crippen LogP contribution in [0.15, 0.2) is 52.9 Å². The molecule has 38 heavy (non-hydrogen) atoms. The molecule has 6 rings (SSSR count). The first-order chi connectivity index (χ1) is 18.5. The lowest BCUT2D eigenvalue weighted by Crippen LogP contribution is -2.45. The van der Waals surface area contributed by atoms with E-state index in [4.69, 9.17) is 21.2 Å². The number of nitrogen functional groups attached to an aromatic ring is 1. The van der Waals surface area contributed by atoms with E-state index < -0.39 is 0 Å². The molecule has 0 radical (unpaired) electrons. The second-order valence-electron chi connectivity index (χ2n) is 9.66. The Balaban J connectivity index is 1.21. The lowest BCUT2D eigenvalue weighted by molar-refractivity contribution is 0.186. The topological polar surface area (TPSA) is 120 Å². The maximum Gasteiger partial charge on any atom is 0.221 e. The molecule has 1 saturated heterocycles. The van der Waals surface area contributed by atoms with Gasteiger partial charge in [0.25, 0.3) is 0 Å². The quantitative estimate of drug-likeness (QED) is 0.303. The molecule has 1 aliphatic carbocycles. The number of anilines is 2. The normalized spacial score (nSPS) is 18.0. The Kier molecular flexibility index (Phi) is 6.39. The van der Waals surface area contributed by atoms with Crippen molar-refractivity contribution in [2.75, 3.05) is 37.4 Å². The van der Waals surface area contributed by atoms with Gasteiger partial charge in [0.15, 0.2) is 5.65 Å². The number of aromatic nitrogens is 5. The van der Waals surface area contributed by atoms with E-state index in [-0.39, 0.29) is 23.2 Å². The first-order valence-electron chi connectivity index (χ1n) is 12.4. The number of nitrogens with zero attached hydrogens (tertiary/aromatic N) is 6. The molecule has 0 bridgehead atoms. The summed E-state index contributed by atoms with van der Waals surface area (Å²) in [6.07, 6.45) is 9.45. The maximum absolute atomic E-state index is 15.1. The van der Waals surface area contributed by atoms with Crippen LogP contribution < -0.4 is 16.4 Å². The molecule has 4 aromatic rings. The van der Waals surface area contributed by atoms with Gasteiger partial charge in [-0.2, -0.15) is 0 Å². The van der Waals surface area contributed by atoms with Gasteiger partial charge in [-0.15, -0.1) is 0 Å². The SMILES string of the molecule is COCC#Cc1cc(F)c2c(c1)[C@@H](N)C1(CCN(c3ncc(Sc4ccnc(N)n4)c4nccn34)CC1)C2. The molecule has 1 aromatic carbocycles. The zero-order valence-corrected chi connectivity index (χ0v) is 21.7. The molecule has 0 amide bonds. The largest absolute Gasteiger partial charge is 0.372 e. The molecule has 1 aliphatic heterocycles. The van der Waals surface area contributed by atoms with Gasteiger partial charge in [-0.25, -0.2) is 24.3 Å². The molecule has 1 fully saturated rings. The van der Waals surface area contributed by atoms with Crippen LogP contribution in [0, 0.1) is 23.1 Å². The van der Waals surface area contributed by atoms with Gasteiger partial charge in [0.1, 0.15) is 17.5 Å². The molecular weight excluding hydrogens is 503 g/mol. The van der Waals surface area contributed by atoms with Crippen molar-refractivity contribution in [1.82, 2.24) is 24.3 Å². The smallest absolute Gasteiger partial charge is 0.221 e. The molecule has 3 aromatic heterocycles. The molecule has 0 saturated carbocycles. The lowest BCUT2D eigenvalue weighted by Gasteiger charge is -2.42. The number of halogens is 1. The molecule has 2 aliphatic rings. The van der Waals surface area contributed by atoms with Crippen LogP contribution in [0.25, 0.3) is 5.65 Å². The Hall–Kier alpha value is -3.72. The molecular formula is C27H27FN8OS. The van der Waals surface area contributed by atoms with Crippen molar-refractivity contribution in [3.05, 3.63) is 65.5 Å². The summed E-state index contributed by atoms with van der Waals surface area (Å²) in [4.78, 5) is 20.7. The highest BCUT2D eigenvalue weighted by Crippen LogP contribution is 2.52. The minimum atomic E-state index is -0.237. The summed E-state index contributed by atoms with van der Waals surface area (Å²) in [6.45, 7) is 1.83. The van der Waals surface area contributed by atoms with Crippen LogP contribution >= 0.6 is 11.8 Å². The fourth-order valence-electron chi connectivity index (χ4n) is 5.55. The molecule has 4 N–H and O–H groups in total. The summed E-state index contributed by atoms with van der Waals surface area (Å²) in [5, 5.41) is 0.728. The van der Waals surface area contributed by atoms with E-state index in [0.717, 1.165) is 58.6 Å². The number of nitrogens with two attached hydrogens (primary N) is 2. The number of fused-ring (bicyclic) bond motifs is 2. The fraction of sp³-hybridized carbons (Fsp3) is 0.333. The predicted octanol–water partition coefficient (Wildman–Crippen LogP) is 3.23. The van der Waals surface area contributed by atoms with Crippen molar-refractivity contribution in [1.29, 1.82) is 0 Å². The van der Waals surface area contributed by atoms with Crippen LogP contribution in [-0.2, 0) is 11.2 Å². The Morgan fingerprint density at radius 2 is 2.05 bits per heavy atom. The number of ether oxygens (including phenoxy) is 1. The first kappa shape index (κ1) is 24.6. The maximum atomic E-state index is 15.1.